The van der Waals surface area contributed by atoms with Crippen molar-refractivity contribution in [3.63, 3.8) is 0 Å². The van der Waals surface area contributed by atoms with Crippen LogP contribution in [0.3, 0.4) is 0 Å². The fraction of sp³-hybridized carbons (Fsp3) is 0.455. The number of benzene rings is 2. The van der Waals surface area contributed by atoms with E-state index in [0.29, 0.717) is 6.04 Å². The van der Waals surface area contributed by atoms with E-state index < -0.39 is 0 Å². The molecule has 0 radical (unpaired) electrons. The second kappa shape index (κ2) is 5.36. The first-order chi connectivity index (χ1) is 11.6. The first kappa shape index (κ1) is 15.0. The first-order valence-electron chi connectivity index (χ1n) is 9.25. The van der Waals surface area contributed by atoms with Gasteiger partial charge in [0.1, 0.15) is 0 Å². The predicted octanol–water partition coefficient (Wildman–Crippen LogP) is 6.36. The Morgan fingerprint density at radius 3 is 2.46 bits per heavy atom. The van der Waals surface area contributed by atoms with Gasteiger partial charge in [0.15, 0.2) is 0 Å². The lowest BCUT2D eigenvalue weighted by molar-refractivity contribution is 0.247. The number of hydrogen-bond donors (Lipinski definition) is 1. The lowest BCUT2D eigenvalue weighted by Gasteiger charge is -2.44. The van der Waals surface area contributed by atoms with Crippen LogP contribution in [0.15, 0.2) is 40.9 Å². The molecule has 0 spiro atoms. The summed E-state index contributed by atoms with van der Waals surface area (Å²) in [5.74, 6) is 3.32. The monoisotopic (exact) mass is 381 g/mol. The zero-order valence-corrected chi connectivity index (χ0v) is 15.9. The molecule has 2 aromatic rings. The van der Waals surface area contributed by atoms with Crippen molar-refractivity contribution >= 4 is 21.6 Å². The summed E-state index contributed by atoms with van der Waals surface area (Å²) in [6.45, 7) is 4.50. The summed E-state index contributed by atoms with van der Waals surface area (Å²) in [5, 5.41) is 3.94. The summed E-state index contributed by atoms with van der Waals surface area (Å²) in [6, 6.07) is 14.3. The minimum Gasteiger partial charge on any atom is -0.378 e. The van der Waals surface area contributed by atoms with Crippen LogP contribution in [0, 0.1) is 31.6 Å². The molecule has 0 aromatic heterocycles. The van der Waals surface area contributed by atoms with Gasteiger partial charge >= 0.3 is 0 Å². The highest BCUT2D eigenvalue weighted by Gasteiger charge is 2.53. The van der Waals surface area contributed by atoms with E-state index in [1.165, 1.54) is 46.1 Å². The van der Waals surface area contributed by atoms with Gasteiger partial charge in [0.25, 0.3) is 0 Å². The van der Waals surface area contributed by atoms with E-state index in [9.17, 15) is 0 Å². The normalized spacial score (nSPS) is 33.0. The molecule has 1 nitrogen and oxygen atoms in total. The molecule has 24 heavy (non-hydrogen) atoms. The van der Waals surface area contributed by atoms with Gasteiger partial charge in [0, 0.05) is 10.2 Å². The number of nitrogens with one attached hydrogen (secondary N) is 1. The van der Waals surface area contributed by atoms with Gasteiger partial charge in [-0.05, 0) is 97.2 Å². The summed E-state index contributed by atoms with van der Waals surface area (Å²) in [5.41, 5.74) is 7.28. The van der Waals surface area contributed by atoms with Crippen LogP contribution in [-0.4, -0.2) is 0 Å². The van der Waals surface area contributed by atoms with E-state index in [1.54, 1.807) is 5.56 Å². The molecular weight excluding hydrogens is 358 g/mol. The quantitative estimate of drug-likeness (QED) is 0.605. The third kappa shape index (κ3) is 2.12. The molecule has 2 heteroatoms. The number of halogens is 1. The van der Waals surface area contributed by atoms with E-state index >= 15 is 0 Å². The lowest BCUT2D eigenvalue weighted by Crippen LogP contribution is -2.35. The lowest BCUT2D eigenvalue weighted by atomic mass is 9.67. The highest BCUT2D eigenvalue weighted by atomic mass is 79.9. The van der Waals surface area contributed by atoms with E-state index in [0.717, 1.165) is 23.7 Å². The van der Waals surface area contributed by atoms with Crippen LogP contribution in [0.25, 0.3) is 0 Å². The Labute approximate surface area is 153 Å². The zero-order chi connectivity index (χ0) is 16.4. The Morgan fingerprint density at radius 1 is 0.958 bits per heavy atom. The fourth-order valence-corrected chi connectivity index (χ4v) is 6.02. The SMILES string of the molecule is Cc1cc2c(cc1C)[C@H]1[C@@H]3CC[C@@H](C3)[C@H]1[C@H](c1ccc(Br)cc1)N2. The smallest absolute Gasteiger partial charge is 0.0550 e. The molecule has 5 rings (SSSR count). The first-order valence-corrected chi connectivity index (χ1v) is 10.0. The number of rotatable bonds is 1. The summed E-state index contributed by atoms with van der Waals surface area (Å²) >= 11 is 3.58. The van der Waals surface area contributed by atoms with E-state index in [4.69, 9.17) is 0 Å². The Hall–Kier alpha value is -1.28. The maximum absolute atomic E-state index is 3.94. The van der Waals surface area contributed by atoms with Crippen LogP contribution >= 0.6 is 15.9 Å². The van der Waals surface area contributed by atoms with Gasteiger partial charge in [-0.15, -0.1) is 0 Å². The van der Waals surface area contributed by atoms with Crippen LogP contribution in [0.4, 0.5) is 5.69 Å². The molecule has 0 unspecified atom stereocenters. The van der Waals surface area contributed by atoms with Gasteiger partial charge in [0.05, 0.1) is 6.04 Å². The van der Waals surface area contributed by atoms with Crippen LogP contribution in [-0.2, 0) is 0 Å². The number of hydrogen-bond acceptors (Lipinski definition) is 1. The highest BCUT2D eigenvalue weighted by Crippen LogP contribution is 2.63. The second-order valence-corrected chi connectivity index (χ2v) is 9.05. The predicted molar refractivity (Wildman–Crippen MR) is 103 cm³/mol. The summed E-state index contributed by atoms with van der Waals surface area (Å²) in [7, 11) is 0. The largest absolute Gasteiger partial charge is 0.378 e. The number of fused-ring (bicyclic) bond motifs is 7. The van der Waals surface area contributed by atoms with Crippen molar-refractivity contribution in [3.8, 4) is 0 Å². The second-order valence-electron chi connectivity index (χ2n) is 8.13. The molecule has 124 valence electrons. The molecule has 5 atom stereocenters. The Morgan fingerprint density at radius 2 is 1.67 bits per heavy atom. The van der Waals surface area contributed by atoms with Crippen molar-refractivity contribution < 1.29 is 0 Å². The number of anilines is 1. The molecule has 2 fully saturated rings. The van der Waals surface area contributed by atoms with Crippen molar-refractivity contribution in [1.29, 1.82) is 0 Å². The van der Waals surface area contributed by atoms with Crippen LogP contribution < -0.4 is 5.32 Å². The van der Waals surface area contributed by atoms with Crippen molar-refractivity contribution in [3.05, 3.63) is 63.1 Å². The van der Waals surface area contributed by atoms with Crippen LogP contribution in [0.1, 0.15) is 53.5 Å². The van der Waals surface area contributed by atoms with Crippen molar-refractivity contribution in [2.45, 2.75) is 45.1 Å². The van der Waals surface area contributed by atoms with Crippen LogP contribution in [0.5, 0.6) is 0 Å². The molecule has 0 amide bonds. The third-order valence-electron chi connectivity index (χ3n) is 6.93. The van der Waals surface area contributed by atoms with Gasteiger partial charge in [-0.3, -0.25) is 0 Å². The molecule has 3 aliphatic rings. The summed E-state index contributed by atoms with van der Waals surface area (Å²) in [4.78, 5) is 0. The van der Waals surface area contributed by atoms with Crippen molar-refractivity contribution in [1.82, 2.24) is 0 Å². The minimum atomic E-state index is 0.466. The third-order valence-corrected chi connectivity index (χ3v) is 7.46. The summed E-state index contributed by atoms with van der Waals surface area (Å²) < 4.78 is 1.17. The Balaban J connectivity index is 1.64. The molecule has 1 aliphatic heterocycles. The van der Waals surface area contributed by atoms with Crippen molar-refractivity contribution in [2.75, 3.05) is 5.32 Å². The van der Waals surface area contributed by atoms with E-state index in [2.05, 4.69) is 71.5 Å². The standard InChI is InChI=1S/C22H24BrN/c1-12-9-18-19(10-13(12)2)24-22(14-5-7-17(23)8-6-14)21-16-4-3-15(11-16)20(18)21/h5-10,15-16,20-22,24H,3-4,11H2,1-2H3/t15-,16+,20-,21-,22+/m1/s1. The van der Waals surface area contributed by atoms with Gasteiger partial charge in [-0.1, -0.05) is 34.1 Å². The number of aryl methyl sites for hydroxylation is 2. The molecular formula is C22H24BrN. The van der Waals surface area contributed by atoms with E-state index in [-0.39, 0.29) is 0 Å². The fourth-order valence-electron chi connectivity index (χ4n) is 5.76. The molecule has 0 saturated heterocycles. The van der Waals surface area contributed by atoms with Gasteiger partial charge in [-0.2, -0.15) is 0 Å². The van der Waals surface area contributed by atoms with Crippen molar-refractivity contribution in [2.24, 2.45) is 17.8 Å². The highest BCUT2D eigenvalue weighted by molar-refractivity contribution is 9.10. The maximum atomic E-state index is 3.94. The zero-order valence-electron chi connectivity index (χ0n) is 14.4. The molecule has 1 heterocycles. The van der Waals surface area contributed by atoms with Gasteiger partial charge in [0.2, 0.25) is 0 Å². The molecule has 2 aliphatic carbocycles. The average Bonchev–Trinajstić information content (AvgIpc) is 3.18. The average molecular weight is 382 g/mol. The van der Waals surface area contributed by atoms with Crippen LogP contribution in [0.2, 0.25) is 0 Å². The topological polar surface area (TPSA) is 12.0 Å². The van der Waals surface area contributed by atoms with E-state index in [1.807, 2.05) is 0 Å². The molecule has 1 N–H and O–H groups in total. The molecule has 2 aromatic carbocycles. The molecule has 2 saturated carbocycles. The molecule has 2 bridgehead atoms. The van der Waals surface area contributed by atoms with Gasteiger partial charge < -0.3 is 5.32 Å². The Kier molecular flexibility index (Phi) is 3.35. The maximum Gasteiger partial charge on any atom is 0.0550 e. The van der Waals surface area contributed by atoms with Gasteiger partial charge in [-0.25, -0.2) is 0 Å². The Bertz CT molecular complexity index is 794. The minimum absolute atomic E-state index is 0.466. The summed E-state index contributed by atoms with van der Waals surface area (Å²) in [6.07, 6.45) is 4.31.